The third kappa shape index (κ3) is 4.18. The van der Waals surface area contributed by atoms with E-state index in [0.717, 1.165) is 28.9 Å². The molecule has 1 aromatic carbocycles. The fourth-order valence-corrected chi connectivity index (χ4v) is 2.46. The number of carbonyl (C=O) groups excluding carboxylic acids is 1. The lowest BCUT2D eigenvalue weighted by molar-refractivity contribution is -0.117. The second-order valence-corrected chi connectivity index (χ2v) is 5.69. The van der Waals surface area contributed by atoms with Crippen molar-refractivity contribution in [1.82, 2.24) is 14.7 Å². The summed E-state index contributed by atoms with van der Waals surface area (Å²) in [6.07, 6.45) is 3.86. The number of aromatic nitrogens is 2. The Morgan fingerprint density at radius 2 is 2.00 bits per heavy atom. The molecule has 0 atom stereocenters. The van der Waals surface area contributed by atoms with E-state index in [0.29, 0.717) is 13.1 Å². The van der Waals surface area contributed by atoms with Crippen LogP contribution in [-0.2, 0) is 17.9 Å². The van der Waals surface area contributed by atoms with Crippen molar-refractivity contribution in [3.05, 3.63) is 47.3 Å². The van der Waals surface area contributed by atoms with Crippen molar-refractivity contribution in [3.63, 3.8) is 0 Å². The average molecular weight is 300 g/mol. The van der Waals surface area contributed by atoms with Crippen molar-refractivity contribution in [2.75, 3.05) is 18.9 Å². The molecule has 5 heteroatoms. The number of rotatable bonds is 6. The van der Waals surface area contributed by atoms with Gasteiger partial charge in [-0.25, -0.2) is 0 Å². The Morgan fingerprint density at radius 1 is 1.32 bits per heavy atom. The summed E-state index contributed by atoms with van der Waals surface area (Å²) in [5.41, 5.74) is 4.20. The number of nitrogens with zero attached hydrogens (tertiary/aromatic N) is 3. The maximum atomic E-state index is 12.2. The Kier molecular flexibility index (Phi) is 5.33. The van der Waals surface area contributed by atoms with E-state index in [9.17, 15) is 4.79 Å². The lowest BCUT2D eigenvalue weighted by Gasteiger charge is -2.17. The number of amides is 1. The van der Waals surface area contributed by atoms with Gasteiger partial charge in [-0.2, -0.15) is 5.10 Å². The summed E-state index contributed by atoms with van der Waals surface area (Å²) >= 11 is 0. The molecular weight excluding hydrogens is 276 g/mol. The Morgan fingerprint density at radius 3 is 2.59 bits per heavy atom. The standard InChI is InChI=1S/C17H24N4O/c1-5-21-11-15(9-18-21)10-20(4)12-16(22)19-17-13(2)7-6-8-14(17)3/h6-9,11H,5,10,12H2,1-4H3,(H,19,22). The first-order valence-electron chi connectivity index (χ1n) is 7.55. The number of aryl methyl sites for hydroxylation is 3. The summed E-state index contributed by atoms with van der Waals surface area (Å²) in [4.78, 5) is 14.2. The number of hydrogen-bond donors (Lipinski definition) is 1. The van der Waals surface area contributed by atoms with E-state index in [1.807, 2.05) is 61.1 Å². The van der Waals surface area contributed by atoms with Crippen LogP contribution in [0.1, 0.15) is 23.6 Å². The Labute approximate surface area is 131 Å². The molecule has 0 spiro atoms. The van der Waals surface area contributed by atoms with Crippen LogP contribution in [-0.4, -0.2) is 34.2 Å². The molecule has 0 radical (unpaired) electrons. The Balaban J connectivity index is 1.91. The molecule has 0 aliphatic heterocycles. The van der Waals surface area contributed by atoms with E-state index in [-0.39, 0.29) is 5.91 Å². The van der Waals surface area contributed by atoms with Crippen LogP contribution in [0.3, 0.4) is 0 Å². The second-order valence-electron chi connectivity index (χ2n) is 5.69. The van der Waals surface area contributed by atoms with Crippen molar-refractivity contribution in [1.29, 1.82) is 0 Å². The van der Waals surface area contributed by atoms with E-state index < -0.39 is 0 Å². The molecular formula is C17H24N4O. The second kappa shape index (κ2) is 7.22. The van der Waals surface area contributed by atoms with E-state index in [1.54, 1.807) is 0 Å². The number of likely N-dealkylation sites (N-methyl/N-ethyl adjacent to an activating group) is 1. The summed E-state index contributed by atoms with van der Waals surface area (Å²) in [5.74, 6) is 0.00258. The average Bonchev–Trinajstić information content (AvgIpc) is 2.90. The van der Waals surface area contributed by atoms with Gasteiger partial charge < -0.3 is 5.32 Å². The highest BCUT2D eigenvalue weighted by atomic mass is 16.2. The molecule has 0 bridgehead atoms. The number of carbonyl (C=O) groups is 1. The highest BCUT2D eigenvalue weighted by molar-refractivity contribution is 5.93. The van der Waals surface area contributed by atoms with Crippen LogP contribution in [0.5, 0.6) is 0 Å². The minimum Gasteiger partial charge on any atom is -0.324 e. The maximum Gasteiger partial charge on any atom is 0.238 e. The van der Waals surface area contributed by atoms with Gasteiger partial charge in [-0.05, 0) is 38.9 Å². The van der Waals surface area contributed by atoms with E-state index >= 15 is 0 Å². The molecule has 1 aromatic heterocycles. The summed E-state index contributed by atoms with van der Waals surface area (Å²) in [7, 11) is 1.94. The molecule has 0 aliphatic rings. The smallest absolute Gasteiger partial charge is 0.238 e. The topological polar surface area (TPSA) is 50.2 Å². The zero-order valence-electron chi connectivity index (χ0n) is 13.8. The van der Waals surface area contributed by atoms with Gasteiger partial charge in [-0.1, -0.05) is 18.2 Å². The minimum atomic E-state index is 0.00258. The first kappa shape index (κ1) is 16.2. The van der Waals surface area contributed by atoms with Gasteiger partial charge in [0.05, 0.1) is 12.7 Å². The van der Waals surface area contributed by atoms with Gasteiger partial charge in [-0.15, -0.1) is 0 Å². The molecule has 1 amide bonds. The summed E-state index contributed by atoms with van der Waals surface area (Å²) in [6.45, 7) is 7.98. The van der Waals surface area contributed by atoms with Crippen LogP contribution in [0, 0.1) is 13.8 Å². The first-order valence-corrected chi connectivity index (χ1v) is 7.55. The maximum absolute atomic E-state index is 12.2. The van der Waals surface area contributed by atoms with Crippen molar-refractivity contribution in [3.8, 4) is 0 Å². The van der Waals surface area contributed by atoms with Crippen LogP contribution in [0.25, 0.3) is 0 Å². The predicted octanol–water partition coefficient (Wildman–Crippen LogP) is 2.59. The largest absolute Gasteiger partial charge is 0.324 e. The molecule has 0 fully saturated rings. The fourth-order valence-electron chi connectivity index (χ4n) is 2.46. The van der Waals surface area contributed by atoms with Crippen LogP contribution >= 0.6 is 0 Å². The summed E-state index contributed by atoms with van der Waals surface area (Å²) < 4.78 is 1.89. The molecule has 1 N–H and O–H groups in total. The van der Waals surface area contributed by atoms with Gasteiger partial charge in [0.25, 0.3) is 0 Å². The molecule has 2 rings (SSSR count). The van der Waals surface area contributed by atoms with E-state index in [1.165, 1.54) is 0 Å². The number of hydrogen-bond acceptors (Lipinski definition) is 3. The molecule has 0 saturated carbocycles. The van der Waals surface area contributed by atoms with Crippen LogP contribution < -0.4 is 5.32 Å². The number of nitrogens with one attached hydrogen (secondary N) is 1. The quantitative estimate of drug-likeness (QED) is 0.892. The van der Waals surface area contributed by atoms with Gasteiger partial charge in [-0.3, -0.25) is 14.4 Å². The number of benzene rings is 1. The Hall–Kier alpha value is -2.14. The van der Waals surface area contributed by atoms with Gasteiger partial charge in [0, 0.05) is 30.5 Å². The van der Waals surface area contributed by atoms with Gasteiger partial charge in [0.1, 0.15) is 0 Å². The monoisotopic (exact) mass is 300 g/mol. The fraction of sp³-hybridized carbons (Fsp3) is 0.412. The highest BCUT2D eigenvalue weighted by Gasteiger charge is 2.11. The zero-order valence-corrected chi connectivity index (χ0v) is 13.8. The zero-order chi connectivity index (χ0) is 16.1. The highest BCUT2D eigenvalue weighted by Crippen LogP contribution is 2.19. The van der Waals surface area contributed by atoms with Crippen molar-refractivity contribution < 1.29 is 4.79 Å². The minimum absolute atomic E-state index is 0.00258. The molecule has 0 unspecified atom stereocenters. The van der Waals surface area contributed by atoms with Crippen LogP contribution in [0.2, 0.25) is 0 Å². The van der Waals surface area contributed by atoms with Crippen LogP contribution in [0.15, 0.2) is 30.6 Å². The van der Waals surface area contributed by atoms with E-state index in [2.05, 4.69) is 17.3 Å². The number of anilines is 1. The molecule has 0 saturated heterocycles. The lowest BCUT2D eigenvalue weighted by Crippen LogP contribution is -2.30. The third-order valence-electron chi connectivity index (χ3n) is 3.62. The van der Waals surface area contributed by atoms with E-state index in [4.69, 9.17) is 0 Å². The molecule has 5 nitrogen and oxygen atoms in total. The van der Waals surface area contributed by atoms with Gasteiger partial charge >= 0.3 is 0 Å². The Bertz CT molecular complexity index is 628. The molecule has 0 aliphatic carbocycles. The van der Waals surface area contributed by atoms with Crippen molar-refractivity contribution >= 4 is 11.6 Å². The van der Waals surface area contributed by atoms with Gasteiger partial charge in [0.2, 0.25) is 5.91 Å². The first-order chi connectivity index (χ1) is 10.5. The molecule has 2 aromatic rings. The predicted molar refractivity (Wildman–Crippen MR) is 88.8 cm³/mol. The lowest BCUT2D eigenvalue weighted by atomic mass is 10.1. The molecule has 118 valence electrons. The summed E-state index contributed by atoms with van der Waals surface area (Å²) in [5, 5.41) is 7.26. The SMILES string of the molecule is CCn1cc(CN(C)CC(=O)Nc2c(C)cccc2C)cn1. The number of para-hydroxylation sites is 1. The third-order valence-corrected chi connectivity index (χ3v) is 3.62. The molecule has 22 heavy (non-hydrogen) atoms. The van der Waals surface area contributed by atoms with Crippen LogP contribution in [0.4, 0.5) is 5.69 Å². The van der Waals surface area contributed by atoms with Gasteiger partial charge in [0.15, 0.2) is 0 Å². The normalized spacial score (nSPS) is 11.0. The molecule has 1 heterocycles. The van der Waals surface area contributed by atoms with Crippen molar-refractivity contribution in [2.24, 2.45) is 0 Å². The summed E-state index contributed by atoms with van der Waals surface area (Å²) in [6, 6.07) is 6.01. The van der Waals surface area contributed by atoms with Crippen molar-refractivity contribution in [2.45, 2.75) is 33.9 Å².